The standard InChI is InChI=1S/C25H25F6N3O2S/c1-24(2,3)34-23(15-10-19(27)20(28)11-18(15)26)16(12-32-34)22(13-5-6-13)33-37(35)14-7-8-17(25(29,30)31)21(9-14)36-4/h7-13,22,33H,5-6H2,1-4H3/t22-,37?/m1/s1. The van der Waals surface area contributed by atoms with Crippen LogP contribution < -0.4 is 9.46 Å². The summed E-state index contributed by atoms with van der Waals surface area (Å²) in [5.74, 6) is -4.08. The molecule has 1 aliphatic rings. The van der Waals surface area contributed by atoms with Gasteiger partial charge in [0.25, 0.3) is 0 Å². The molecule has 12 heteroatoms. The average molecular weight is 546 g/mol. The van der Waals surface area contributed by atoms with E-state index in [1.54, 1.807) is 20.8 Å². The van der Waals surface area contributed by atoms with Crippen molar-refractivity contribution >= 4 is 11.0 Å². The highest BCUT2D eigenvalue weighted by atomic mass is 32.2. The van der Waals surface area contributed by atoms with E-state index in [-0.39, 0.29) is 22.1 Å². The zero-order valence-corrected chi connectivity index (χ0v) is 21.2. The van der Waals surface area contributed by atoms with Crippen LogP contribution in [0.3, 0.4) is 0 Å². The van der Waals surface area contributed by atoms with Crippen LogP contribution in [0.4, 0.5) is 26.3 Å². The maximum Gasteiger partial charge on any atom is 0.419 e. The minimum atomic E-state index is -4.65. The molecule has 1 aliphatic carbocycles. The monoisotopic (exact) mass is 545 g/mol. The Labute approximate surface area is 212 Å². The third-order valence-corrected chi connectivity index (χ3v) is 7.20. The molecule has 0 saturated heterocycles. The van der Waals surface area contributed by atoms with Crippen LogP contribution in [0.5, 0.6) is 5.75 Å². The Morgan fingerprint density at radius 1 is 1.05 bits per heavy atom. The predicted octanol–water partition coefficient (Wildman–Crippen LogP) is 6.51. The molecule has 1 saturated carbocycles. The summed E-state index contributed by atoms with van der Waals surface area (Å²) in [6.07, 6.45) is -1.71. The average Bonchev–Trinajstić information content (AvgIpc) is 3.55. The second kappa shape index (κ2) is 9.79. The van der Waals surface area contributed by atoms with Crippen LogP contribution in [0.15, 0.2) is 41.4 Å². The molecule has 2 atom stereocenters. The molecule has 0 radical (unpaired) electrons. The number of ether oxygens (including phenoxy) is 1. The van der Waals surface area contributed by atoms with Gasteiger partial charge in [0.15, 0.2) is 11.6 Å². The molecular formula is C25H25F6N3O2S. The minimum Gasteiger partial charge on any atom is -0.496 e. The molecule has 0 aliphatic heterocycles. The zero-order chi connectivity index (χ0) is 27.3. The highest BCUT2D eigenvalue weighted by molar-refractivity contribution is 7.83. The first kappa shape index (κ1) is 27.2. The van der Waals surface area contributed by atoms with Crippen molar-refractivity contribution in [1.82, 2.24) is 14.5 Å². The second-order valence-corrected chi connectivity index (χ2v) is 11.1. The van der Waals surface area contributed by atoms with Crippen molar-refractivity contribution in [1.29, 1.82) is 0 Å². The van der Waals surface area contributed by atoms with Crippen molar-refractivity contribution in [3.05, 3.63) is 65.1 Å². The number of rotatable bonds is 7. The summed E-state index contributed by atoms with van der Waals surface area (Å²) < 4.78 is 105. The molecule has 0 spiro atoms. The normalized spacial score (nSPS) is 16.1. The van der Waals surface area contributed by atoms with Crippen LogP contribution in [0.2, 0.25) is 0 Å². The van der Waals surface area contributed by atoms with E-state index < -0.39 is 57.5 Å². The number of alkyl halides is 3. The van der Waals surface area contributed by atoms with E-state index in [1.807, 2.05) is 0 Å². The minimum absolute atomic E-state index is 0.0370. The maximum atomic E-state index is 14.9. The molecule has 5 nitrogen and oxygen atoms in total. The smallest absolute Gasteiger partial charge is 0.419 e. The van der Waals surface area contributed by atoms with Gasteiger partial charge in [-0.3, -0.25) is 4.68 Å². The van der Waals surface area contributed by atoms with Crippen LogP contribution in [0, 0.1) is 23.4 Å². The first-order valence-electron chi connectivity index (χ1n) is 11.4. The molecule has 1 heterocycles. The molecule has 1 unspecified atom stereocenters. The number of hydrogen-bond acceptors (Lipinski definition) is 3. The van der Waals surface area contributed by atoms with Crippen LogP contribution in [-0.4, -0.2) is 21.1 Å². The summed E-state index contributed by atoms with van der Waals surface area (Å²) in [7, 11) is -0.909. The summed E-state index contributed by atoms with van der Waals surface area (Å²) in [4.78, 5) is 0.0410. The fourth-order valence-corrected chi connectivity index (χ4v) is 5.21. The predicted molar refractivity (Wildman–Crippen MR) is 126 cm³/mol. The lowest BCUT2D eigenvalue weighted by Gasteiger charge is -2.25. The van der Waals surface area contributed by atoms with Crippen LogP contribution in [-0.2, 0) is 22.7 Å². The Hall–Kier alpha value is -2.86. The fraction of sp³-hybridized carbons (Fsp3) is 0.400. The maximum absolute atomic E-state index is 14.9. The van der Waals surface area contributed by atoms with Crippen molar-refractivity contribution in [2.24, 2.45) is 5.92 Å². The number of methoxy groups -OCH3 is 1. The largest absolute Gasteiger partial charge is 0.496 e. The summed E-state index contributed by atoms with van der Waals surface area (Å²) in [6.45, 7) is 5.41. The Morgan fingerprint density at radius 3 is 2.27 bits per heavy atom. The molecule has 2 aromatic carbocycles. The number of benzene rings is 2. The van der Waals surface area contributed by atoms with E-state index in [0.717, 1.165) is 44.2 Å². The third-order valence-electron chi connectivity index (χ3n) is 6.05. The first-order chi connectivity index (χ1) is 17.2. The molecule has 1 fully saturated rings. The molecule has 0 bridgehead atoms. The molecule has 1 N–H and O–H groups in total. The van der Waals surface area contributed by atoms with E-state index >= 15 is 0 Å². The van der Waals surface area contributed by atoms with E-state index in [2.05, 4.69) is 9.82 Å². The summed E-state index contributed by atoms with van der Waals surface area (Å²) >= 11 is 0. The van der Waals surface area contributed by atoms with Crippen LogP contribution in [0.1, 0.15) is 50.8 Å². The fourth-order valence-electron chi connectivity index (χ4n) is 4.12. The van der Waals surface area contributed by atoms with Gasteiger partial charge in [-0.15, -0.1) is 0 Å². The lowest BCUT2D eigenvalue weighted by molar-refractivity contribution is -0.138. The Morgan fingerprint density at radius 2 is 1.70 bits per heavy atom. The van der Waals surface area contributed by atoms with Gasteiger partial charge in [-0.05, 0) is 63.8 Å². The topological polar surface area (TPSA) is 56.1 Å². The SMILES string of the molecule is COc1cc(S(=O)N[C@@H](c2cnn(C(C)(C)C)c2-c2cc(F)c(F)cc2F)C2CC2)ccc1C(F)(F)F. The van der Waals surface area contributed by atoms with Gasteiger partial charge in [-0.2, -0.15) is 18.3 Å². The van der Waals surface area contributed by atoms with E-state index in [1.165, 1.54) is 10.9 Å². The summed E-state index contributed by atoms with van der Waals surface area (Å²) in [5, 5.41) is 4.38. The Bertz CT molecular complexity index is 1350. The number of hydrogen-bond donors (Lipinski definition) is 1. The van der Waals surface area contributed by atoms with Crippen molar-refractivity contribution in [3.63, 3.8) is 0 Å². The third kappa shape index (κ3) is 5.54. The molecule has 200 valence electrons. The Balaban J connectivity index is 1.78. The molecule has 0 amide bonds. The van der Waals surface area contributed by atoms with Crippen LogP contribution in [0.25, 0.3) is 11.3 Å². The molecular weight excluding hydrogens is 520 g/mol. The van der Waals surface area contributed by atoms with E-state index in [4.69, 9.17) is 4.74 Å². The highest BCUT2D eigenvalue weighted by Gasteiger charge is 2.39. The lowest BCUT2D eigenvalue weighted by Crippen LogP contribution is -2.28. The molecule has 37 heavy (non-hydrogen) atoms. The quantitative estimate of drug-likeness (QED) is 0.272. The zero-order valence-electron chi connectivity index (χ0n) is 20.4. The van der Waals surface area contributed by atoms with Gasteiger partial charge in [-0.25, -0.2) is 22.1 Å². The highest BCUT2D eigenvalue weighted by Crippen LogP contribution is 2.46. The summed E-state index contributed by atoms with van der Waals surface area (Å²) in [6, 6.07) is 3.49. The lowest BCUT2D eigenvalue weighted by atomic mass is 9.97. The van der Waals surface area contributed by atoms with Crippen molar-refractivity contribution < 1.29 is 35.3 Å². The van der Waals surface area contributed by atoms with E-state index in [9.17, 15) is 30.6 Å². The molecule has 3 aromatic rings. The molecule has 4 rings (SSSR count). The summed E-state index contributed by atoms with van der Waals surface area (Å²) in [5.41, 5.74) is -1.29. The Kier molecular flexibility index (Phi) is 7.19. The van der Waals surface area contributed by atoms with Gasteiger partial charge in [0.1, 0.15) is 22.6 Å². The van der Waals surface area contributed by atoms with Gasteiger partial charge in [0.2, 0.25) is 0 Å². The first-order valence-corrected chi connectivity index (χ1v) is 12.5. The van der Waals surface area contributed by atoms with Crippen molar-refractivity contribution in [3.8, 4) is 17.0 Å². The van der Waals surface area contributed by atoms with Gasteiger partial charge >= 0.3 is 6.18 Å². The van der Waals surface area contributed by atoms with Crippen molar-refractivity contribution in [2.45, 2.75) is 56.3 Å². The number of nitrogens with one attached hydrogen (secondary N) is 1. The number of nitrogens with zero attached hydrogens (tertiary/aromatic N) is 2. The van der Waals surface area contributed by atoms with Gasteiger partial charge in [0, 0.05) is 17.2 Å². The van der Waals surface area contributed by atoms with Crippen molar-refractivity contribution in [2.75, 3.05) is 7.11 Å². The number of aromatic nitrogens is 2. The number of halogens is 6. The molecule has 1 aromatic heterocycles. The van der Waals surface area contributed by atoms with Gasteiger partial charge in [0.05, 0.1) is 41.0 Å². The van der Waals surface area contributed by atoms with Gasteiger partial charge < -0.3 is 4.74 Å². The second-order valence-electron chi connectivity index (χ2n) is 9.84. The van der Waals surface area contributed by atoms with E-state index in [0.29, 0.717) is 11.6 Å². The van der Waals surface area contributed by atoms with Crippen LogP contribution >= 0.6 is 0 Å². The van der Waals surface area contributed by atoms with Gasteiger partial charge in [-0.1, -0.05) is 0 Å².